The van der Waals surface area contributed by atoms with Crippen LogP contribution in [0.15, 0.2) is 30.5 Å². The molecule has 1 aromatic carbocycles. The molecular weight excluding hydrogens is 1230 g/mol. The third kappa shape index (κ3) is 32.6. The van der Waals surface area contributed by atoms with Crippen LogP contribution < -0.4 is 36.6 Å². The Kier molecular flexibility index (Phi) is 37.6. The number of nitriles is 1. The molecule has 1 aromatic heterocycles. The Labute approximate surface area is 547 Å². The van der Waals surface area contributed by atoms with Gasteiger partial charge in [0.15, 0.2) is 6.61 Å². The van der Waals surface area contributed by atoms with E-state index in [9.17, 15) is 78.4 Å². The molecule has 522 valence electrons. The summed E-state index contributed by atoms with van der Waals surface area (Å²) >= 11 is 0. The van der Waals surface area contributed by atoms with E-state index in [2.05, 4.69) is 43.0 Å². The zero-order valence-electron chi connectivity index (χ0n) is 53.8. The molecule has 32 heteroatoms. The number of carbonyl (C=O) groups excluding carboxylic acids is 7. The monoisotopic (exact) mass is 1330 g/mol. The second-order valence-corrected chi connectivity index (χ2v) is 22.8. The highest BCUT2D eigenvalue weighted by Gasteiger charge is 2.30. The number of unbranched alkanes of at least 4 members (excludes halogenated alkanes) is 4. The highest BCUT2D eigenvalue weighted by molar-refractivity contribution is 6.07. The lowest BCUT2D eigenvalue weighted by Crippen LogP contribution is -2.51. The van der Waals surface area contributed by atoms with E-state index in [1.165, 1.54) is 17.2 Å². The van der Waals surface area contributed by atoms with Crippen LogP contribution in [0, 0.1) is 11.3 Å². The van der Waals surface area contributed by atoms with Crippen molar-refractivity contribution in [3.8, 4) is 11.8 Å². The number of rotatable bonds is 44. The van der Waals surface area contributed by atoms with Crippen LogP contribution in [0.25, 0.3) is 10.9 Å². The van der Waals surface area contributed by atoms with Crippen molar-refractivity contribution >= 4 is 76.1 Å². The molecule has 7 amide bonds. The van der Waals surface area contributed by atoms with Crippen LogP contribution in [0.3, 0.4) is 0 Å². The van der Waals surface area contributed by atoms with Crippen LogP contribution in [0.4, 0.5) is 0 Å². The molecule has 3 atom stereocenters. The maximum atomic E-state index is 13.7. The number of carbonyl (C=O) groups is 11. The van der Waals surface area contributed by atoms with E-state index < -0.39 is 65.6 Å². The molecule has 0 unspecified atom stereocenters. The number of ether oxygens (including phenoxy) is 4. The second kappa shape index (κ2) is 45.2. The summed E-state index contributed by atoms with van der Waals surface area (Å²) in [7, 11) is 0. The first-order valence-electron chi connectivity index (χ1n) is 32.1. The lowest BCUT2D eigenvalue weighted by atomic mass is 10.1. The molecule has 0 bridgehead atoms. The molecule has 2 saturated heterocycles. The lowest BCUT2D eigenvalue weighted by molar-refractivity contribution is -0.142. The minimum Gasteiger partial charge on any atom is -0.484 e. The molecule has 2 aliphatic rings. The molecule has 2 fully saturated rings. The third-order valence-corrected chi connectivity index (χ3v) is 15.4. The normalized spacial score (nSPS) is 15.9. The fourth-order valence-corrected chi connectivity index (χ4v) is 10.3. The van der Waals surface area contributed by atoms with Crippen molar-refractivity contribution in [3.05, 3.63) is 36.0 Å². The molecule has 10 N–H and O–H groups in total. The van der Waals surface area contributed by atoms with Crippen molar-refractivity contribution in [2.45, 2.75) is 109 Å². The van der Waals surface area contributed by atoms with Crippen LogP contribution in [0.1, 0.15) is 101 Å². The van der Waals surface area contributed by atoms with E-state index in [1.807, 2.05) is 6.92 Å². The number of amides is 7. The highest BCUT2D eigenvalue weighted by atomic mass is 16.5. The first-order chi connectivity index (χ1) is 45.2. The number of aromatic nitrogens is 1. The summed E-state index contributed by atoms with van der Waals surface area (Å²) in [6, 6.07) is 5.52. The summed E-state index contributed by atoms with van der Waals surface area (Å²) in [4.78, 5) is 150. The van der Waals surface area contributed by atoms with Gasteiger partial charge in [-0.05, 0) is 76.0 Å². The molecule has 0 spiro atoms. The van der Waals surface area contributed by atoms with Gasteiger partial charge >= 0.3 is 23.9 Å². The van der Waals surface area contributed by atoms with Gasteiger partial charge in [0.1, 0.15) is 23.9 Å². The predicted molar refractivity (Wildman–Crippen MR) is 338 cm³/mol. The summed E-state index contributed by atoms with van der Waals surface area (Å²) in [6.07, 6.45) is 7.38. The number of aliphatic carboxylic acids is 4. The van der Waals surface area contributed by atoms with Crippen LogP contribution in [0.2, 0.25) is 0 Å². The smallest absolute Gasteiger partial charge is 0.326 e. The average molecular weight is 1330 g/mol. The minimum atomic E-state index is -1.28. The minimum absolute atomic E-state index is 0.0346. The second-order valence-electron chi connectivity index (χ2n) is 22.8. The molecule has 94 heavy (non-hydrogen) atoms. The molecule has 3 heterocycles. The van der Waals surface area contributed by atoms with Gasteiger partial charge < -0.3 is 76.2 Å². The number of hydrogen-bond acceptors (Lipinski definition) is 21. The Hall–Kier alpha value is -8.19. The average Bonchev–Trinajstić information content (AvgIpc) is 0.894. The molecule has 4 rings (SSSR count). The van der Waals surface area contributed by atoms with E-state index in [-0.39, 0.29) is 181 Å². The zero-order chi connectivity index (χ0) is 68.5. The van der Waals surface area contributed by atoms with Crippen LogP contribution in [-0.2, 0) is 62.2 Å². The van der Waals surface area contributed by atoms with Crippen LogP contribution >= 0.6 is 0 Å². The van der Waals surface area contributed by atoms with Gasteiger partial charge in [-0.1, -0.05) is 19.8 Å². The number of carboxylic acids is 4. The van der Waals surface area contributed by atoms with Crippen molar-refractivity contribution in [2.24, 2.45) is 0 Å². The molecule has 0 aliphatic carbocycles. The maximum absolute atomic E-state index is 13.7. The zero-order valence-corrected chi connectivity index (χ0v) is 53.8. The van der Waals surface area contributed by atoms with E-state index in [4.69, 9.17) is 18.9 Å². The van der Waals surface area contributed by atoms with Crippen molar-refractivity contribution < 1.29 is 92.1 Å². The quantitative estimate of drug-likeness (QED) is 0.0359. The first kappa shape index (κ1) is 78.3. The van der Waals surface area contributed by atoms with Crippen molar-refractivity contribution in [3.63, 3.8) is 0 Å². The van der Waals surface area contributed by atoms with E-state index in [1.54, 1.807) is 37.8 Å². The van der Waals surface area contributed by atoms with E-state index in [0.717, 1.165) is 25.7 Å². The number of nitrogens with zero attached hydrogens (tertiary/aromatic N) is 7. The standard InChI is InChI=1S/C62H95N13O19/c1-2-3-4-13-52(76)65-18-8-6-12-50(62(89)90)70-61(88)49(11-5-7-19-66-54(78)40-71-23-25-72(41-57(81)82)27-29-74(43-59(85)86)30-28-73(26-24-71)42-58(83)84)69-53(77)17-31-91-33-35-93-36-34-92-32-21-67-55(79)44-94-46-14-15-47-48(16-20-64-51(47)37-46)60(87)68-39-56(80)75-22-9-10-45(75)38-63/h14-16,20,37,45,49-50H,2-13,17-19,21-36,39-44H2,1H3,(H,65,76)(H,66,78)(H,67,79)(H,68,87)(H,69,77)(H,70,88)(H,81,82)(H,83,84)(H,85,86)(H,89,90)/t45-,49-,50-/m0/s1. The Balaban J connectivity index is 1.17. The molecule has 0 saturated carbocycles. The van der Waals surface area contributed by atoms with Gasteiger partial charge in [-0.15, -0.1) is 0 Å². The van der Waals surface area contributed by atoms with Gasteiger partial charge in [-0.25, -0.2) is 4.79 Å². The van der Waals surface area contributed by atoms with Gasteiger partial charge in [0.2, 0.25) is 29.5 Å². The molecular formula is C62H95N13O19. The summed E-state index contributed by atoms with van der Waals surface area (Å²) in [6.45, 7) is 4.27. The molecule has 2 aromatic rings. The molecule has 32 nitrogen and oxygen atoms in total. The topological polar surface area (TPSA) is 431 Å². The van der Waals surface area contributed by atoms with Crippen LogP contribution in [-0.4, -0.2) is 291 Å². The van der Waals surface area contributed by atoms with E-state index >= 15 is 0 Å². The number of likely N-dealkylation sites (tertiary alicyclic amines) is 1. The van der Waals surface area contributed by atoms with Crippen LogP contribution in [0.5, 0.6) is 5.75 Å². The first-order valence-corrected chi connectivity index (χ1v) is 32.1. The van der Waals surface area contributed by atoms with Crippen molar-refractivity contribution in [1.82, 2.24) is 61.4 Å². The fraction of sp³-hybridized carbons (Fsp3) is 0.661. The van der Waals surface area contributed by atoms with Gasteiger partial charge in [-0.3, -0.25) is 72.5 Å². The fourth-order valence-electron chi connectivity index (χ4n) is 10.3. The predicted octanol–water partition coefficient (Wildman–Crippen LogP) is -0.903. The van der Waals surface area contributed by atoms with E-state index in [0.29, 0.717) is 73.8 Å². The van der Waals surface area contributed by atoms with Gasteiger partial charge in [0.25, 0.3) is 11.8 Å². The number of carboxylic acid groups (broad SMARTS) is 4. The highest BCUT2D eigenvalue weighted by Crippen LogP contribution is 2.23. The van der Waals surface area contributed by atoms with Gasteiger partial charge in [0.05, 0.1) is 89.5 Å². The Morgan fingerprint density at radius 3 is 1.71 bits per heavy atom. The SMILES string of the molecule is CCCCCC(=O)NCCCC[C@H](NC(=O)[C@H](CCCCNC(=O)CN1CCN(CC(=O)O)CCN(CC(=O)O)CCN(CC(=O)O)CC1)NC(=O)CCOCCOCCOCCNC(=O)COc1ccc2c(C(=O)NCC(=O)N3CCC[C@H]3C#N)ccnc2c1)C(=O)O. The number of pyridine rings is 1. The number of benzene rings is 1. The summed E-state index contributed by atoms with van der Waals surface area (Å²) in [5.41, 5.74) is 0.729. The number of fused-ring (bicyclic) bond motifs is 1. The van der Waals surface area contributed by atoms with Gasteiger partial charge in [0, 0.05) is 109 Å². The Bertz CT molecular complexity index is 2780. The lowest BCUT2D eigenvalue weighted by Gasteiger charge is -2.32. The summed E-state index contributed by atoms with van der Waals surface area (Å²) in [5.74, 6) is -7.10. The molecule has 0 radical (unpaired) electrons. The maximum Gasteiger partial charge on any atom is 0.326 e. The summed E-state index contributed by atoms with van der Waals surface area (Å²) < 4.78 is 22.3. The summed E-state index contributed by atoms with van der Waals surface area (Å²) in [5, 5.41) is 64.6. The third-order valence-electron chi connectivity index (χ3n) is 15.4. The van der Waals surface area contributed by atoms with Gasteiger partial charge in [-0.2, -0.15) is 5.26 Å². The molecule has 2 aliphatic heterocycles. The van der Waals surface area contributed by atoms with Crippen molar-refractivity contribution in [1.29, 1.82) is 5.26 Å². The van der Waals surface area contributed by atoms with Crippen molar-refractivity contribution in [2.75, 3.05) is 158 Å². The number of nitrogens with one attached hydrogen (secondary N) is 6. The Morgan fingerprint density at radius 1 is 0.585 bits per heavy atom. The number of hydrogen-bond donors (Lipinski definition) is 10. The Morgan fingerprint density at radius 2 is 1.14 bits per heavy atom. The largest absolute Gasteiger partial charge is 0.484 e.